The first kappa shape index (κ1) is 27.3. The lowest BCUT2D eigenvalue weighted by Crippen LogP contribution is -2.38. The van der Waals surface area contributed by atoms with Gasteiger partial charge in [0.15, 0.2) is 0 Å². The van der Waals surface area contributed by atoms with Gasteiger partial charge in [0.1, 0.15) is 17.1 Å². The lowest BCUT2D eigenvalue weighted by atomic mass is 9.93. The van der Waals surface area contributed by atoms with E-state index in [0.29, 0.717) is 37.3 Å². The number of nitrogens with zero attached hydrogens (tertiary/aromatic N) is 3. The number of halogens is 1. The van der Waals surface area contributed by atoms with Crippen LogP contribution in [0.15, 0.2) is 43.6 Å². The maximum atomic E-state index is 14.7. The molecule has 2 aliphatic rings. The summed E-state index contributed by atoms with van der Waals surface area (Å²) in [4.78, 5) is 20.0. The van der Waals surface area contributed by atoms with Crippen molar-refractivity contribution in [2.45, 2.75) is 64.1 Å². The molecule has 0 aliphatic carbocycles. The minimum absolute atomic E-state index is 0.0408. The van der Waals surface area contributed by atoms with Crippen molar-refractivity contribution >= 4 is 11.8 Å². The quantitative estimate of drug-likeness (QED) is 0.267. The van der Waals surface area contributed by atoms with Crippen LogP contribution in [0.5, 0.6) is 11.5 Å². The number of pyridine rings is 1. The van der Waals surface area contributed by atoms with Gasteiger partial charge in [-0.15, -0.1) is 13.2 Å². The molecule has 3 heterocycles. The van der Waals surface area contributed by atoms with E-state index in [9.17, 15) is 9.18 Å². The summed E-state index contributed by atoms with van der Waals surface area (Å²) >= 11 is 0. The molecule has 0 saturated carbocycles. The Kier molecular flexibility index (Phi) is 8.82. The van der Waals surface area contributed by atoms with Crippen LogP contribution < -0.4 is 14.4 Å². The summed E-state index contributed by atoms with van der Waals surface area (Å²) in [5.41, 5.74) is 2.13. The summed E-state index contributed by atoms with van der Waals surface area (Å²) in [5.74, 6) is 1.03. The fourth-order valence-corrected chi connectivity index (χ4v) is 4.86. The van der Waals surface area contributed by atoms with Crippen LogP contribution in [0.1, 0.15) is 57.2 Å². The molecule has 1 fully saturated rings. The van der Waals surface area contributed by atoms with Gasteiger partial charge in [-0.3, -0.25) is 0 Å². The molecular weight excluding hydrogens is 461 g/mol. The second-order valence-electron chi connectivity index (χ2n) is 9.97. The highest BCUT2D eigenvalue weighted by molar-refractivity contribution is 5.67. The Labute approximate surface area is 213 Å². The zero-order chi connectivity index (χ0) is 26.5. The Morgan fingerprint density at radius 1 is 1.22 bits per heavy atom. The zero-order valence-electron chi connectivity index (χ0n) is 22.1. The maximum absolute atomic E-state index is 14.7. The Balaban J connectivity index is 0.00000176. The second kappa shape index (κ2) is 11.6. The van der Waals surface area contributed by atoms with E-state index in [1.54, 1.807) is 19.1 Å². The number of rotatable bonds is 7. The van der Waals surface area contributed by atoms with Crippen molar-refractivity contribution < 1.29 is 23.4 Å². The number of anilines is 1. The molecule has 2 atom stereocenters. The number of carbonyl (C=O) groups is 1. The molecule has 7 nitrogen and oxygen atoms in total. The van der Waals surface area contributed by atoms with Crippen molar-refractivity contribution in [3.8, 4) is 11.5 Å². The number of ether oxygens (including phenoxy) is 3. The van der Waals surface area contributed by atoms with Crippen LogP contribution in [0.3, 0.4) is 0 Å². The Bertz CT molecular complexity index is 1040. The Hall–Kier alpha value is -3.29. The van der Waals surface area contributed by atoms with Gasteiger partial charge in [-0.1, -0.05) is 0 Å². The molecule has 2 bridgehead atoms. The van der Waals surface area contributed by atoms with Crippen LogP contribution in [0.25, 0.3) is 0 Å². The SMILES string of the molecule is C=C.COc1ccc(N2C3CCC2c2c(OCCCN(C)C(=O)OC(C)(C)C)cnc(F)c2C3)cc1. The van der Waals surface area contributed by atoms with Crippen LogP contribution in [0, 0.1) is 5.95 Å². The van der Waals surface area contributed by atoms with Crippen molar-refractivity contribution in [1.29, 1.82) is 0 Å². The van der Waals surface area contributed by atoms with Crippen molar-refractivity contribution in [3.63, 3.8) is 0 Å². The molecule has 8 heteroatoms. The van der Waals surface area contributed by atoms with Gasteiger partial charge in [0.2, 0.25) is 5.95 Å². The minimum Gasteiger partial charge on any atom is -0.497 e. The maximum Gasteiger partial charge on any atom is 0.410 e. The van der Waals surface area contributed by atoms with E-state index < -0.39 is 11.5 Å². The van der Waals surface area contributed by atoms with E-state index >= 15 is 0 Å². The minimum atomic E-state index is -0.532. The molecule has 2 unspecified atom stereocenters. The van der Waals surface area contributed by atoms with Crippen molar-refractivity contribution in [1.82, 2.24) is 9.88 Å². The lowest BCUT2D eigenvalue weighted by Gasteiger charge is -2.38. The van der Waals surface area contributed by atoms with Crippen molar-refractivity contribution in [3.05, 3.63) is 60.7 Å². The van der Waals surface area contributed by atoms with Gasteiger partial charge >= 0.3 is 6.09 Å². The summed E-state index contributed by atoms with van der Waals surface area (Å²) in [6.45, 7) is 12.4. The average molecular weight is 500 g/mol. The third-order valence-corrected chi connectivity index (χ3v) is 6.38. The molecule has 0 radical (unpaired) electrons. The third-order valence-electron chi connectivity index (χ3n) is 6.38. The molecule has 1 amide bonds. The van der Waals surface area contributed by atoms with Crippen LogP contribution in [-0.4, -0.2) is 54.9 Å². The van der Waals surface area contributed by atoms with E-state index in [2.05, 4.69) is 35.2 Å². The highest BCUT2D eigenvalue weighted by Gasteiger charge is 2.43. The summed E-state index contributed by atoms with van der Waals surface area (Å²) in [6.07, 6.45) is 4.29. The van der Waals surface area contributed by atoms with Gasteiger partial charge in [0.25, 0.3) is 0 Å². The fraction of sp³-hybridized carbons (Fsp3) is 0.500. The molecule has 196 valence electrons. The Morgan fingerprint density at radius 2 is 1.92 bits per heavy atom. The average Bonchev–Trinajstić information content (AvgIpc) is 3.16. The Morgan fingerprint density at radius 3 is 2.56 bits per heavy atom. The predicted molar refractivity (Wildman–Crippen MR) is 139 cm³/mol. The molecule has 2 aliphatic heterocycles. The molecule has 4 rings (SSSR count). The molecule has 0 N–H and O–H groups in total. The van der Waals surface area contributed by atoms with Crippen LogP contribution in [0.2, 0.25) is 0 Å². The number of amides is 1. The smallest absolute Gasteiger partial charge is 0.410 e. The normalized spacial score (nSPS) is 18.0. The molecule has 0 spiro atoms. The number of aromatic nitrogens is 1. The summed E-state index contributed by atoms with van der Waals surface area (Å²) in [5, 5.41) is 0. The summed E-state index contributed by atoms with van der Waals surface area (Å²) < 4.78 is 31.5. The standard InChI is InChI=1S/C26H34FN3O4.C2H4/c1-26(2,3)34-25(31)29(4)13-6-14-33-22-16-28-24(27)20-15-18-9-12-21(23(20)22)30(18)17-7-10-19(32-5)11-8-17;1-2/h7-8,10-11,16,18,21H,6,9,12-15H2,1-5H3;1-2H2. The lowest BCUT2D eigenvalue weighted by molar-refractivity contribution is 0.0292. The highest BCUT2D eigenvalue weighted by Crippen LogP contribution is 2.49. The molecule has 2 aromatic rings. The van der Waals surface area contributed by atoms with Crippen molar-refractivity contribution in [2.75, 3.05) is 32.2 Å². The van der Waals surface area contributed by atoms with Gasteiger partial charge in [0, 0.05) is 36.4 Å². The number of methoxy groups -OCH3 is 1. The second-order valence-corrected chi connectivity index (χ2v) is 9.97. The number of hydrogen-bond donors (Lipinski definition) is 0. The first-order valence-electron chi connectivity index (χ1n) is 12.3. The predicted octanol–water partition coefficient (Wildman–Crippen LogP) is 5.93. The van der Waals surface area contributed by atoms with Gasteiger partial charge in [-0.25, -0.2) is 9.78 Å². The number of benzene rings is 1. The molecule has 1 aromatic carbocycles. The highest BCUT2D eigenvalue weighted by atomic mass is 19.1. The summed E-state index contributed by atoms with van der Waals surface area (Å²) in [6, 6.07) is 8.30. The monoisotopic (exact) mass is 499 g/mol. The zero-order valence-corrected chi connectivity index (χ0v) is 22.1. The van der Waals surface area contributed by atoms with E-state index in [-0.39, 0.29) is 18.2 Å². The number of carbonyl (C=O) groups excluding carboxylic acids is 1. The van der Waals surface area contributed by atoms with Crippen LogP contribution in [0.4, 0.5) is 14.9 Å². The van der Waals surface area contributed by atoms with Gasteiger partial charge < -0.3 is 24.0 Å². The topological polar surface area (TPSA) is 64.1 Å². The van der Waals surface area contributed by atoms with E-state index in [4.69, 9.17) is 14.2 Å². The first-order valence-corrected chi connectivity index (χ1v) is 12.3. The first-order chi connectivity index (χ1) is 17.2. The van der Waals surface area contributed by atoms with Crippen molar-refractivity contribution in [2.24, 2.45) is 0 Å². The molecule has 1 aromatic heterocycles. The van der Waals surface area contributed by atoms with Gasteiger partial charge in [-0.05, 0) is 70.7 Å². The largest absolute Gasteiger partial charge is 0.497 e. The van der Waals surface area contributed by atoms with E-state index in [1.165, 1.54) is 6.20 Å². The van der Waals surface area contributed by atoms with Crippen LogP contribution in [-0.2, 0) is 11.2 Å². The number of fused-ring (bicyclic) bond motifs is 4. The van der Waals surface area contributed by atoms with Gasteiger partial charge in [0.05, 0.1) is 26.0 Å². The van der Waals surface area contributed by atoms with E-state index in [1.807, 2.05) is 32.9 Å². The van der Waals surface area contributed by atoms with Gasteiger partial charge in [-0.2, -0.15) is 4.39 Å². The van der Waals surface area contributed by atoms with Crippen LogP contribution >= 0.6 is 0 Å². The third kappa shape index (κ3) is 6.09. The molecule has 1 saturated heterocycles. The molecular formula is C28H38FN3O4. The molecule has 36 heavy (non-hydrogen) atoms. The summed E-state index contributed by atoms with van der Waals surface area (Å²) in [7, 11) is 3.36. The fourth-order valence-electron chi connectivity index (χ4n) is 4.86. The van der Waals surface area contributed by atoms with E-state index in [0.717, 1.165) is 29.8 Å². The number of hydrogen-bond acceptors (Lipinski definition) is 6.